The molecular formula is C27H22BrNO2. The van der Waals surface area contributed by atoms with Gasteiger partial charge in [0.1, 0.15) is 0 Å². The average molecular weight is 472 g/mol. The molecule has 3 aliphatic carbocycles. The highest BCUT2D eigenvalue weighted by Gasteiger charge is 2.61. The van der Waals surface area contributed by atoms with Gasteiger partial charge in [-0.05, 0) is 58.0 Å². The fourth-order valence-electron chi connectivity index (χ4n) is 5.95. The maximum Gasteiger partial charge on any atom is 0.238 e. The zero-order valence-corrected chi connectivity index (χ0v) is 19.0. The molecule has 0 saturated carbocycles. The number of hydrogen-bond acceptors (Lipinski definition) is 2. The van der Waals surface area contributed by atoms with Crippen molar-refractivity contribution in [2.24, 2.45) is 11.8 Å². The van der Waals surface area contributed by atoms with Crippen LogP contribution in [0.25, 0.3) is 0 Å². The summed E-state index contributed by atoms with van der Waals surface area (Å²) < 4.78 is 0.925. The minimum Gasteiger partial charge on any atom is -0.274 e. The first-order valence-electron chi connectivity index (χ1n) is 10.8. The van der Waals surface area contributed by atoms with Crippen LogP contribution in [-0.2, 0) is 9.59 Å². The van der Waals surface area contributed by atoms with E-state index in [4.69, 9.17) is 0 Å². The van der Waals surface area contributed by atoms with E-state index in [0.717, 1.165) is 4.47 Å². The number of imide groups is 1. The van der Waals surface area contributed by atoms with Gasteiger partial charge in [-0.25, -0.2) is 4.90 Å². The van der Waals surface area contributed by atoms with Crippen LogP contribution < -0.4 is 4.90 Å². The molecule has 3 aromatic rings. The highest BCUT2D eigenvalue weighted by molar-refractivity contribution is 9.10. The molecule has 154 valence electrons. The number of anilines is 1. The lowest BCUT2D eigenvalue weighted by molar-refractivity contribution is -0.122. The molecule has 1 saturated heterocycles. The summed E-state index contributed by atoms with van der Waals surface area (Å²) in [4.78, 5) is 28.9. The standard InChI is InChI=1S/C27H22BrNO2/c1-14(2)15-7-12-20-21(13-15)23-19-6-4-3-5-18(19)22(20)24-25(23)27(31)29(26(24)30)17-10-8-16(28)9-11-17/h3-14,22-25H,1-2H3/t22-,23-,24-,25+/m0/s1. The monoisotopic (exact) mass is 471 g/mol. The number of nitrogens with zero attached hydrogens (tertiary/aromatic N) is 1. The van der Waals surface area contributed by atoms with E-state index in [-0.39, 0.29) is 35.5 Å². The van der Waals surface area contributed by atoms with Crippen LogP contribution in [0.15, 0.2) is 71.2 Å². The Labute approximate surface area is 190 Å². The molecule has 31 heavy (non-hydrogen) atoms. The second kappa shape index (κ2) is 6.64. The van der Waals surface area contributed by atoms with E-state index in [0.29, 0.717) is 11.6 Å². The van der Waals surface area contributed by atoms with Gasteiger partial charge in [0, 0.05) is 16.3 Å². The quantitative estimate of drug-likeness (QED) is 0.431. The molecule has 4 heteroatoms. The number of rotatable bonds is 2. The van der Waals surface area contributed by atoms with Crippen LogP contribution >= 0.6 is 15.9 Å². The Kier molecular flexibility index (Phi) is 4.07. The van der Waals surface area contributed by atoms with E-state index in [1.165, 1.54) is 32.7 Å². The summed E-state index contributed by atoms with van der Waals surface area (Å²) in [6, 6.07) is 22.5. The second-order valence-corrected chi connectivity index (χ2v) is 10.1. The summed E-state index contributed by atoms with van der Waals surface area (Å²) in [6.07, 6.45) is 0. The smallest absolute Gasteiger partial charge is 0.238 e. The molecule has 4 atom stereocenters. The molecule has 1 heterocycles. The van der Waals surface area contributed by atoms with Crippen LogP contribution in [0.3, 0.4) is 0 Å². The van der Waals surface area contributed by atoms with Gasteiger partial charge < -0.3 is 0 Å². The minimum absolute atomic E-state index is 0.0672. The van der Waals surface area contributed by atoms with Crippen molar-refractivity contribution < 1.29 is 9.59 Å². The van der Waals surface area contributed by atoms with E-state index in [1.807, 2.05) is 36.4 Å². The Bertz CT molecular complexity index is 1250. The van der Waals surface area contributed by atoms with Crippen molar-refractivity contribution >= 4 is 33.4 Å². The number of hydrogen-bond donors (Lipinski definition) is 0. The lowest BCUT2D eigenvalue weighted by atomic mass is 9.54. The molecule has 7 rings (SSSR count). The van der Waals surface area contributed by atoms with Gasteiger partial charge in [-0.3, -0.25) is 9.59 Å². The van der Waals surface area contributed by atoms with E-state index in [9.17, 15) is 9.59 Å². The van der Waals surface area contributed by atoms with E-state index in [1.54, 1.807) is 0 Å². The van der Waals surface area contributed by atoms with Crippen LogP contribution in [0.4, 0.5) is 5.69 Å². The third-order valence-electron chi connectivity index (χ3n) is 7.31. The topological polar surface area (TPSA) is 37.4 Å². The van der Waals surface area contributed by atoms with Crippen LogP contribution in [0.2, 0.25) is 0 Å². The summed E-state index contributed by atoms with van der Waals surface area (Å²) in [5, 5.41) is 0. The van der Waals surface area contributed by atoms with Crippen LogP contribution in [0.1, 0.15) is 59.4 Å². The summed E-state index contributed by atoms with van der Waals surface area (Å²) in [7, 11) is 0. The van der Waals surface area contributed by atoms with Crippen LogP contribution in [0.5, 0.6) is 0 Å². The second-order valence-electron chi connectivity index (χ2n) is 9.17. The molecule has 1 aliphatic heterocycles. The first kappa shape index (κ1) is 19.0. The van der Waals surface area contributed by atoms with Crippen molar-refractivity contribution in [3.8, 4) is 0 Å². The minimum atomic E-state index is -0.342. The molecule has 2 bridgehead atoms. The van der Waals surface area contributed by atoms with Gasteiger partial charge in [-0.2, -0.15) is 0 Å². The predicted molar refractivity (Wildman–Crippen MR) is 124 cm³/mol. The summed E-state index contributed by atoms with van der Waals surface area (Å²) in [6.45, 7) is 4.39. The first-order chi connectivity index (χ1) is 15.0. The Morgan fingerprint density at radius 1 is 0.742 bits per heavy atom. The van der Waals surface area contributed by atoms with E-state index < -0.39 is 0 Å². The number of carbonyl (C=O) groups excluding carboxylic acids is 2. The molecular weight excluding hydrogens is 450 g/mol. The summed E-state index contributed by atoms with van der Waals surface area (Å²) >= 11 is 3.44. The van der Waals surface area contributed by atoms with Crippen molar-refractivity contribution in [2.75, 3.05) is 4.90 Å². The normalized spacial score (nSPS) is 25.6. The van der Waals surface area contributed by atoms with Crippen molar-refractivity contribution in [2.45, 2.75) is 31.6 Å². The molecule has 0 radical (unpaired) electrons. The van der Waals surface area contributed by atoms with Crippen LogP contribution in [0, 0.1) is 11.8 Å². The molecule has 4 aliphatic rings. The molecule has 0 unspecified atom stereocenters. The molecule has 3 aromatic carbocycles. The third-order valence-corrected chi connectivity index (χ3v) is 7.84. The van der Waals surface area contributed by atoms with Crippen LogP contribution in [-0.4, -0.2) is 11.8 Å². The lowest BCUT2D eigenvalue weighted by Crippen LogP contribution is -2.41. The molecule has 3 nitrogen and oxygen atoms in total. The number of benzene rings is 3. The Balaban J connectivity index is 1.56. The Morgan fingerprint density at radius 2 is 1.29 bits per heavy atom. The van der Waals surface area contributed by atoms with Gasteiger partial charge in [0.25, 0.3) is 0 Å². The number of amides is 2. The van der Waals surface area contributed by atoms with Gasteiger partial charge in [-0.1, -0.05) is 72.2 Å². The predicted octanol–water partition coefficient (Wildman–Crippen LogP) is 5.97. The maximum absolute atomic E-state index is 13.8. The maximum atomic E-state index is 13.8. The number of halogens is 1. The van der Waals surface area contributed by atoms with E-state index >= 15 is 0 Å². The highest BCUT2D eigenvalue weighted by atomic mass is 79.9. The highest BCUT2D eigenvalue weighted by Crippen LogP contribution is 2.61. The van der Waals surface area contributed by atoms with Gasteiger partial charge in [0.05, 0.1) is 17.5 Å². The molecule has 1 fully saturated rings. The third kappa shape index (κ3) is 2.51. The zero-order valence-electron chi connectivity index (χ0n) is 17.4. The summed E-state index contributed by atoms with van der Waals surface area (Å²) in [5.41, 5.74) is 6.80. The van der Waals surface area contributed by atoms with Crippen molar-refractivity contribution in [1.82, 2.24) is 0 Å². The summed E-state index contributed by atoms with van der Waals surface area (Å²) in [5.74, 6) is -0.546. The SMILES string of the molecule is CC(C)c1ccc2c(c1)[C@@H]1c3ccccc3[C@@H]2[C@@H]2C(=O)N(c3ccc(Br)cc3)C(=O)[C@H]12. The fourth-order valence-corrected chi connectivity index (χ4v) is 6.21. The lowest BCUT2D eigenvalue weighted by Gasteiger charge is -2.46. The Morgan fingerprint density at radius 3 is 1.87 bits per heavy atom. The molecule has 2 amide bonds. The molecule has 0 spiro atoms. The van der Waals surface area contributed by atoms with Gasteiger partial charge in [0.15, 0.2) is 0 Å². The number of carbonyl (C=O) groups is 2. The van der Waals surface area contributed by atoms with E-state index in [2.05, 4.69) is 60.1 Å². The molecule has 0 N–H and O–H groups in total. The van der Waals surface area contributed by atoms with Crippen molar-refractivity contribution in [3.05, 3.63) is 99.0 Å². The average Bonchev–Trinajstić information content (AvgIpc) is 3.05. The van der Waals surface area contributed by atoms with Gasteiger partial charge in [-0.15, -0.1) is 0 Å². The van der Waals surface area contributed by atoms with Crippen molar-refractivity contribution in [1.29, 1.82) is 0 Å². The largest absolute Gasteiger partial charge is 0.274 e. The van der Waals surface area contributed by atoms with Crippen molar-refractivity contribution in [3.63, 3.8) is 0 Å². The zero-order chi connectivity index (χ0) is 21.4. The first-order valence-corrected chi connectivity index (χ1v) is 11.6. The molecule has 0 aromatic heterocycles. The Hall–Kier alpha value is -2.72. The fraction of sp³-hybridized carbons (Fsp3) is 0.259. The van der Waals surface area contributed by atoms with Gasteiger partial charge >= 0.3 is 0 Å². The van der Waals surface area contributed by atoms with Gasteiger partial charge in [0.2, 0.25) is 11.8 Å².